The van der Waals surface area contributed by atoms with Gasteiger partial charge < -0.3 is 10.6 Å². The lowest BCUT2D eigenvalue weighted by atomic mass is 9.81. The summed E-state index contributed by atoms with van der Waals surface area (Å²) >= 11 is 0. The number of amides is 1. The molecule has 2 rings (SSSR count). The zero-order chi connectivity index (χ0) is 13.0. The molecule has 1 unspecified atom stereocenters. The van der Waals surface area contributed by atoms with Crippen LogP contribution in [0.25, 0.3) is 0 Å². The van der Waals surface area contributed by atoms with Gasteiger partial charge >= 0.3 is 0 Å². The molecule has 18 heavy (non-hydrogen) atoms. The van der Waals surface area contributed by atoms with E-state index < -0.39 is 0 Å². The second kappa shape index (κ2) is 6.05. The van der Waals surface area contributed by atoms with Crippen molar-refractivity contribution < 1.29 is 4.79 Å². The predicted molar refractivity (Wildman–Crippen MR) is 74.2 cm³/mol. The van der Waals surface area contributed by atoms with Gasteiger partial charge in [-0.25, -0.2) is 0 Å². The second-order valence-electron chi connectivity index (χ2n) is 6.18. The Labute approximate surface area is 111 Å². The molecule has 3 heteroatoms. The van der Waals surface area contributed by atoms with Gasteiger partial charge in [0.1, 0.15) is 0 Å². The van der Waals surface area contributed by atoms with Crippen molar-refractivity contribution in [3.8, 4) is 0 Å². The van der Waals surface area contributed by atoms with Crippen molar-refractivity contribution in [2.75, 3.05) is 19.6 Å². The Kier molecular flexibility index (Phi) is 4.66. The summed E-state index contributed by atoms with van der Waals surface area (Å²) in [6.07, 6.45) is 9.20. The maximum absolute atomic E-state index is 12.8. The summed E-state index contributed by atoms with van der Waals surface area (Å²) in [5, 5.41) is 0. The van der Waals surface area contributed by atoms with Gasteiger partial charge in [-0.3, -0.25) is 4.79 Å². The Hall–Kier alpha value is -0.570. The van der Waals surface area contributed by atoms with E-state index in [4.69, 9.17) is 5.73 Å². The first-order valence-electron chi connectivity index (χ1n) is 7.71. The van der Waals surface area contributed by atoms with E-state index in [9.17, 15) is 4.79 Å². The van der Waals surface area contributed by atoms with Crippen LogP contribution in [0.2, 0.25) is 0 Å². The van der Waals surface area contributed by atoms with Crippen LogP contribution in [0.3, 0.4) is 0 Å². The summed E-state index contributed by atoms with van der Waals surface area (Å²) in [5.41, 5.74) is 5.64. The summed E-state index contributed by atoms with van der Waals surface area (Å²) in [6, 6.07) is 0. The average Bonchev–Trinajstić information content (AvgIpc) is 2.88. The van der Waals surface area contributed by atoms with Crippen molar-refractivity contribution in [2.45, 2.75) is 58.3 Å². The average molecular weight is 252 g/mol. The standard InChI is InChI=1S/C15H28N2O/c1-2-15(8-3-4-9-15)14(18)17-11-5-6-13(12-17)7-10-16/h13H,2-12,16H2,1H3. The van der Waals surface area contributed by atoms with Gasteiger partial charge in [0.05, 0.1) is 0 Å². The number of likely N-dealkylation sites (tertiary alicyclic amines) is 1. The van der Waals surface area contributed by atoms with E-state index in [0.29, 0.717) is 11.8 Å². The topological polar surface area (TPSA) is 46.3 Å². The Bertz CT molecular complexity index is 282. The lowest BCUT2D eigenvalue weighted by molar-refractivity contribution is -0.144. The van der Waals surface area contributed by atoms with E-state index in [1.807, 2.05) is 0 Å². The second-order valence-corrected chi connectivity index (χ2v) is 6.18. The highest BCUT2D eigenvalue weighted by molar-refractivity contribution is 5.83. The molecule has 1 saturated heterocycles. The monoisotopic (exact) mass is 252 g/mol. The smallest absolute Gasteiger partial charge is 0.228 e. The molecule has 104 valence electrons. The first-order valence-corrected chi connectivity index (χ1v) is 7.71. The lowest BCUT2D eigenvalue weighted by Crippen LogP contribution is -2.47. The highest BCUT2D eigenvalue weighted by Gasteiger charge is 2.42. The lowest BCUT2D eigenvalue weighted by Gasteiger charge is -2.38. The summed E-state index contributed by atoms with van der Waals surface area (Å²) in [5.74, 6) is 1.09. The molecule has 0 aromatic carbocycles. The van der Waals surface area contributed by atoms with E-state index in [-0.39, 0.29) is 5.41 Å². The molecule has 0 bridgehead atoms. The maximum atomic E-state index is 12.8. The van der Waals surface area contributed by atoms with Crippen LogP contribution in [0.15, 0.2) is 0 Å². The van der Waals surface area contributed by atoms with Crippen molar-refractivity contribution in [1.29, 1.82) is 0 Å². The highest BCUT2D eigenvalue weighted by Crippen LogP contribution is 2.43. The minimum atomic E-state index is -0.00932. The molecule has 1 saturated carbocycles. The van der Waals surface area contributed by atoms with Gasteiger partial charge in [-0.05, 0) is 51.0 Å². The Morgan fingerprint density at radius 1 is 1.33 bits per heavy atom. The molecular weight excluding hydrogens is 224 g/mol. The molecule has 3 nitrogen and oxygen atoms in total. The fourth-order valence-corrected chi connectivity index (χ4v) is 3.83. The number of hydrogen-bond donors (Lipinski definition) is 1. The third kappa shape index (κ3) is 2.71. The zero-order valence-corrected chi connectivity index (χ0v) is 11.8. The number of piperidine rings is 1. The zero-order valence-electron chi connectivity index (χ0n) is 11.8. The molecule has 0 radical (unpaired) electrons. The van der Waals surface area contributed by atoms with Gasteiger partial charge in [0.25, 0.3) is 0 Å². The first-order chi connectivity index (χ1) is 8.72. The van der Waals surface area contributed by atoms with Gasteiger partial charge in [-0.2, -0.15) is 0 Å². The van der Waals surface area contributed by atoms with Gasteiger partial charge in [0.2, 0.25) is 5.91 Å². The number of hydrogen-bond acceptors (Lipinski definition) is 2. The molecule has 1 aliphatic heterocycles. The number of carbonyl (C=O) groups excluding carboxylic acids is 1. The number of rotatable bonds is 4. The van der Waals surface area contributed by atoms with Crippen molar-refractivity contribution in [3.05, 3.63) is 0 Å². The van der Waals surface area contributed by atoms with Gasteiger partial charge in [0.15, 0.2) is 0 Å². The largest absolute Gasteiger partial charge is 0.342 e. The van der Waals surface area contributed by atoms with E-state index in [1.54, 1.807) is 0 Å². The fraction of sp³-hybridized carbons (Fsp3) is 0.933. The van der Waals surface area contributed by atoms with Crippen LogP contribution in [0, 0.1) is 11.3 Å². The summed E-state index contributed by atoms with van der Waals surface area (Å²) < 4.78 is 0. The number of carbonyl (C=O) groups is 1. The van der Waals surface area contributed by atoms with Crippen LogP contribution < -0.4 is 5.73 Å². The molecule has 1 heterocycles. The molecule has 2 aliphatic rings. The molecule has 1 amide bonds. The highest BCUT2D eigenvalue weighted by atomic mass is 16.2. The minimum absolute atomic E-state index is 0.00932. The predicted octanol–water partition coefficient (Wildman–Crippen LogP) is 2.54. The Morgan fingerprint density at radius 2 is 2.06 bits per heavy atom. The molecule has 2 fully saturated rings. The van der Waals surface area contributed by atoms with Crippen LogP contribution in [-0.4, -0.2) is 30.4 Å². The normalized spacial score (nSPS) is 27.4. The molecule has 1 aliphatic carbocycles. The fourth-order valence-electron chi connectivity index (χ4n) is 3.83. The van der Waals surface area contributed by atoms with Gasteiger partial charge in [0, 0.05) is 18.5 Å². The summed E-state index contributed by atoms with van der Waals surface area (Å²) in [7, 11) is 0. The molecular formula is C15H28N2O. The molecule has 1 atom stereocenters. The van der Waals surface area contributed by atoms with Crippen LogP contribution in [0.5, 0.6) is 0 Å². The van der Waals surface area contributed by atoms with Crippen LogP contribution in [-0.2, 0) is 4.79 Å². The first kappa shape index (κ1) is 13.9. The molecule has 0 aromatic heterocycles. The summed E-state index contributed by atoms with van der Waals surface area (Å²) in [4.78, 5) is 14.9. The van der Waals surface area contributed by atoms with Gasteiger partial charge in [-0.15, -0.1) is 0 Å². The number of nitrogens with two attached hydrogens (primary N) is 1. The van der Waals surface area contributed by atoms with E-state index in [2.05, 4.69) is 11.8 Å². The molecule has 0 aromatic rings. The van der Waals surface area contributed by atoms with Crippen molar-refractivity contribution in [2.24, 2.45) is 17.1 Å². The third-order valence-electron chi connectivity index (χ3n) is 5.07. The Morgan fingerprint density at radius 3 is 2.67 bits per heavy atom. The van der Waals surface area contributed by atoms with E-state index >= 15 is 0 Å². The van der Waals surface area contributed by atoms with Crippen molar-refractivity contribution in [1.82, 2.24) is 4.90 Å². The summed E-state index contributed by atoms with van der Waals surface area (Å²) in [6.45, 7) is 4.87. The van der Waals surface area contributed by atoms with Crippen molar-refractivity contribution >= 4 is 5.91 Å². The minimum Gasteiger partial charge on any atom is -0.342 e. The maximum Gasteiger partial charge on any atom is 0.228 e. The quantitative estimate of drug-likeness (QED) is 0.836. The van der Waals surface area contributed by atoms with Crippen LogP contribution >= 0.6 is 0 Å². The van der Waals surface area contributed by atoms with Gasteiger partial charge in [-0.1, -0.05) is 19.8 Å². The SMILES string of the molecule is CCC1(C(=O)N2CCCC(CCN)C2)CCCC1. The van der Waals surface area contributed by atoms with Crippen molar-refractivity contribution in [3.63, 3.8) is 0 Å². The van der Waals surface area contributed by atoms with E-state index in [0.717, 1.165) is 51.7 Å². The number of nitrogens with zero attached hydrogens (tertiary/aromatic N) is 1. The molecule has 0 spiro atoms. The third-order valence-corrected chi connectivity index (χ3v) is 5.07. The molecule has 2 N–H and O–H groups in total. The Balaban J connectivity index is 1.99. The van der Waals surface area contributed by atoms with E-state index in [1.165, 1.54) is 19.3 Å². The van der Waals surface area contributed by atoms with Crippen LogP contribution in [0.1, 0.15) is 58.3 Å². The van der Waals surface area contributed by atoms with Crippen LogP contribution in [0.4, 0.5) is 0 Å².